The average Bonchev–Trinajstić information content (AvgIpc) is 2.89. The number of nitrogens with one attached hydrogen (secondary N) is 1. The van der Waals surface area contributed by atoms with Gasteiger partial charge in [0.25, 0.3) is 11.6 Å². The van der Waals surface area contributed by atoms with Gasteiger partial charge in [0.05, 0.1) is 11.0 Å². The number of hydrogen-bond donors (Lipinski definition) is 1. The first-order valence-electron chi connectivity index (χ1n) is 9.55. The lowest BCUT2D eigenvalue weighted by Gasteiger charge is -2.31. The molecule has 1 heterocycles. The third-order valence-electron chi connectivity index (χ3n) is 5.17. The van der Waals surface area contributed by atoms with Gasteiger partial charge in [0, 0.05) is 28.9 Å². The van der Waals surface area contributed by atoms with E-state index in [0.717, 1.165) is 5.56 Å². The third-order valence-corrected chi connectivity index (χ3v) is 5.17. The van der Waals surface area contributed by atoms with Gasteiger partial charge in [-0.05, 0) is 42.8 Å². The number of carbonyl (C=O) groups is 2. The lowest BCUT2D eigenvalue weighted by atomic mass is 9.94. The molecule has 8 heteroatoms. The smallest absolute Gasteiger partial charge is 0.269 e. The summed E-state index contributed by atoms with van der Waals surface area (Å²) in [6, 6.07) is 15.8. The monoisotopic (exact) mass is 419 g/mol. The fraction of sp³-hybridized carbons (Fsp3) is 0.130. The number of benzene rings is 3. The maximum atomic E-state index is 13.6. The molecule has 0 spiro atoms. The minimum atomic E-state index is -0.655. The third kappa shape index (κ3) is 4.00. The predicted octanol–water partition coefficient (Wildman–Crippen LogP) is 4.23. The van der Waals surface area contributed by atoms with E-state index in [-0.39, 0.29) is 23.7 Å². The SMILES string of the molecule is Cc1ccc2c(c1)C(c1ccc(F)cc1)N(C(=O)c1ccc([N+](=O)[O-])cc1)CC(=O)N2. The molecule has 4 rings (SSSR count). The molecule has 3 aromatic rings. The molecule has 156 valence electrons. The van der Waals surface area contributed by atoms with E-state index in [1.54, 1.807) is 18.2 Å². The van der Waals surface area contributed by atoms with Gasteiger partial charge in [-0.3, -0.25) is 19.7 Å². The van der Waals surface area contributed by atoms with Crippen molar-refractivity contribution < 1.29 is 18.9 Å². The molecule has 0 radical (unpaired) electrons. The molecule has 7 nitrogen and oxygen atoms in total. The predicted molar refractivity (Wildman–Crippen MR) is 112 cm³/mol. The molecule has 1 atom stereocenters. The van der Waals surface area contributed by atoms with Gasteiger partial charge in [-0.25, -0.2) is 4.39 Å². The van der Waals surface area contributed by atoms with Gasteiger partial charge in [-0.2, -0.15) is 0 Å². The molecule has 0 saturated heterocycles. The Morgan fingerprint density at radius 3 is 2.42 bits per heavy atom. The second-order valence-electron chi connectivity index (χ2n) is 7.33. The summed E-state index contributed by atoms with van der Waals surface area (Å²) in [6.07, 6.45) is 0. The molecule has 1 unspecified atom stereocenters. The van der Waals surface area contributed by atoms with Crippen molar-refractivity contribution in [2.75, 3.05) is 11.9 Å². The molecule has 1 aliphatic heterocycles. The van der Waals surface area contributed by atoms with Gasteiger partial charge in [0.2, 0.25) is 5.91 Å². The van der Waals surface area contributed by atoms with Crippen LogP contribution in [0.5, 0.6) is 0 Å². The lowest BCUT2D eigenvalue weighted by Crippen LogP contribution is -2.39. The molecule has 0 saturated carbocycles. The number of rotatable bonds is 3. The first-order valence-corrected chi connectivity index (χ1v) is 9.55. The van der Waals surface area contributed by atoms with Gasteiger partial charge < -0.3 is 10.2 Å². The van der Waals surface area contributed by atoms with E-state index in [9.17, 15) is 24.1 Å². The maximum absolute atomic E-state index is 13.6. The van der Waals surface area contributed by atoms with Gasteiger partial charge in [-0.15, -0.1) is 0 Å². The zero-order chi connectivity index (χ0) is 22.1. The van der Waals surface area contributed by atoms with Crippen LogP contribution in [-0.2, 0) is 4.79 Å². The van der Waals surface area contributed by atoms with Crippen LogP contribution in [0, 0.1) is 22.9 Å². The largest absolute Gasteiger partial charge is 0.324 e. The summed E-state index contributed by atoms with van der Waals surface area (Å²) in [5, 5.41) is 13.8. The molecule has 3 aromatic carbocycles. The van der Waals surface area contributed by atoms with E-state index in [4.69, 9.17) is 0 Å². The van der Waals surface area contributed by atoms with Crippen LogP contribution in [0.15, 0.2) is 66.7 Å². The van der Waals surface area contributed by atoms with Crippen molar-refractivity contribution in [3.05, 3.63) is 105 Å². The van der Waals surface area contributed by atoms with Crippen LogP contribution in [0.1, 0.15) is 33.1 Å². The maximum Gasteiger partial charge on any atom is 0.269 e. The number of aryl methyl sites for hydroxylation is 1. The topological polar surface area (TPSA) is 92.6 Å². The molecule has 1 N–H and O–H groups in total. The zero-order valence-electron chi connectivity index (χ0n) is 16.5. The standard InChI is InChI=1S/C23H18FN3O4/c1-14-2-11-20-19(12-14)22(15-3-7-17(24)8-4-15)26(13-21(28)25-20)23(29)16-5-9-18(10-6-16)27(30)31/h2-12,22H,13H2,1H3,(H,25,28). The molecule has 2 amide bonds. The zero-order valence-corrected chi connectivity index (χ0v) is 16.5. The number of anilines is 1. The van der Waals surface area contributed by atoms with Crippen molar-refractivity contribution in [1.82, 2.24) is 4.90 Å². The summed E-state index contributed by atoms with van der Waals surface area (Å²) in [5.41, 5.74) is 2.92. The molecule has 0 aromatic heterocycles. The number of hydrogen-bond acceptors (Lipinski definition) is 4. The number of carbonyl (C=O) groups excluding carboxylic acids is 2. The molecular formula is C23H18FN3O4. The van der Waals surface area contributed by atoms with Crippen molar-refractivity contribution in [1.29, 1.82) is 0 Å². The summed E-state index contributed by atoms with van der Waals surface area (Å²) in [4.78, 5) is 37.8. The normalized spacial score (nSPS) is 15.6. The Bertz CT molecular complexity index is 1180. The van der Waals surface area contributed by atoms with Gasteiger partial charge in [0.15, 0.2) is 0 Å². The number of halogens is 1. The average molecular weight is 419 g/mol. The number of nitro benzene ring substituents is 1. The lowest BCUT2D eigenvalue weighted by molar-refractivity contribution is -0.384. The second-order valence-corrected chi connectivity index (χ2v) is 7.33. The van der Waals surface area contributed by atoms with E-state index in [1.807, 2.05) is 19.1 Å². The number of nitro groups is 1. The Morgan fingerprint density at radius 1 is 1.10 bits per heavy atom. The van der Waals surface area contributed by atoms with Crippen LogP contribution in [-0.4, -0.2) is 28.2 Å². The van der Waals surface area contributed by atoms with Crippen molar-refractivity contribution in [3.8, 4) is 0 Å². The van der Waals surface area contributed by atoms with Crippen LogP contribution in [0.25, 0.3) is 0 Å². The van der Waals surface area contributed by atoms with E-state index < -0.39 is 22.7 Å². The number of amides is 2. The van der Waals surface area contributed by atoms with E-state index in [0.29, 0.717) is 16.8 Å². The highest BCUT2D eigenvalue weighted by Crippen LogP contribution is 2.37. The summed E-state index contributed by atoms with van der Waals surface area (Å²) in [7, 11) is 0. The van der Waals surface area contributed by atoms with Crippen LogP contribution in [0.3, 0.4) is 0 Å². The summed E-state index contributed by atoms with van der Waals surface area (Å²) >= 11 is 0. The Hall–Kier alpha value is -4.07. The first-order chi connectivity index (χ1) is 14.8. The molecule has 1 aliphatic rings. The van der Waals surface area contributed by atoms with Gasteiger partial charge in [0.1, 0.15) is 12.4 Å². The van der Waals surface area contributed by atoms with E-state index in [2.05, 4.69) is 5.32 Å². The van der Waals surface area contributed by atoms with Crippen molar-refractivity contribution in [2.24, 2.45) is 0 Å². The fourth-order valence-electron chi connectivity index (χ4n) is 3.71. The highest BCUT2D eigenvalue weighted by atomic mass is 19.1. The number of non-ortho nitro benzene ring substituents is 1. The van der Waals surface area contributed by atoms with Crippen molar-refractivity contribution in [3.63, 3.8) is 0 Å². The Labute approximate surface area is 177 Å². The van der Waals surface area contributed by atoms with Crippen LogP contribution in [0.2, 0.25) is 0 Å². The Morgan fingerprint density at radius 2 is 1.77 bits per heavy atom. The molecule has 0 fully saturated rings. The Balaban J connectivity index is 1.85. The second kappa shape index (κ2) is 7.98. The van der Waals surface area contributed by atoms with Crippen LogP contribution in [0.4, 0.5) is 15.8 Å². The number of fused-ring (bicyclic) bond motifs is 1. The minimum Gasteiger partial charge on any atom is -0.324 e. The molecule has 0 aliphatic carbocycles. The molecule has 0 bridgehead atoms. The van der Waals surface area contributed by atoms with Crippen LogP contribution < -0.4 is 5.32 Å². The van der Waals surface area contributed by atoms with Crippen molar-refractivity contribution >= 4 is 23.2 Å². The van der Waals surface area contributed by atoms with Gasteiger partial charge >= 0.3 is 0 Å². The summed E-state index contributed by atoms with van der Waals surface area (Å²) in [5.74, 6) is -1.25. The summed E-state index contributed by atoms with van der Waals surface area (Å²) in [6.45, 7) is 1.67. The van der Waals surface area contributed by atoms with Crippen LogP contribution >= 0.6 is 0 Å². The highest BCUT2D eigenvalue weighted by molar-refractivity contribution is 6.01. The minimum absolute atomic E-state index is 0.138. The van der Waals surface area contributed by atoms with E-state index in [1.165, 1.54) is 41.3 Å². The first kappa shape index (κ1) is 20.2. The summed E-state index contributed by atoms with van der Waals surface area (Å²) < 4.78 is 13.6. The number of nitrogens with zero attached hydrogens (tertiary/aromatic N) is 2. The fourth-order valence-corrected chi connectivity index (χ4v) is 3.71. The Kier molecular flexibility index (Phi) is 5.21. The highest BCUT2D eigenvalue weighted by Gasteiger charge is 2.34. The molecule has 31 heavy (non-hydrogen) atoms. The quantitative estimate of drug-likeness (QED) is 0.508. The van der Waals surface area contributed by atoms with E-state index >= 15 is 0 Å². The van der Waals surface area contributed by atoms with Gasteiger partial charge in [-0.1, -0.05) is 29.8 Å². The molecular weight excluding hydrogens is 401 g/mol. The van der Waals surface area contributed by atoms with Crippen molar-refractivity contribution in [2.45, 2.75) is 13.0 Å².